The van der Waals surface area contributed by atoms with Gasteiger partial charge in [0, 0.05) is 5.56 Å². The number of rotatable bonds is 12. The van der Waals surface area contributed by atoms with Gasteiger partial charge >= 0.3 is 11.9 Å². The predicted molar refractivity (Wildman–Crippen MR) is 173 cm³/mol. The number of fused-ring (bicyclic) bond motifs is 1. The fourth-order valence-corrected chi connectivity index (χ4v) is 6.04. The van der Waals surface area contributed by atoms with E-state index in [1.54, 1.807) is 63.2 Å². The molecule has 0 aliphatic carbocycles. The van der Waals surface area contributed by atoms with Crippen LogP contribution in [0.2, 0.25) is 0 Å². The number of nitrogens with zero attached hydrogens (tertiary/aromatic N) is 2. The molecule has 1 aromatic heterocycles. The van der Waals surface area contributed by atoms with E-state index in [1.165, 1.54) is 35.1 Å². The minimum Gasteiger partial charge on any atom is -0.490 e. The lowest BCUT2D eigenvalue weighted by molar-refractivity contribution is -0.143. The van der Waals surface area contributed by atoms with Gasteiger partial charge in [-0.15, -0.1) is 0 Å². The second-order valence-corrected chi connectivity index (χ2v) is 11.3. The standard InChI is InChI=1S/C35H33FN2O8S/c1-5-43-28-17-24(13-16-27(28)46-20-30(39)42-4)32-31(34(41)44-6-2)21(3)37-35-38(32)33(40)29(47-35)18-23-9-7-8-10-26(23)45-19-22-11-14-25(36)15-12-22/h7-18,32H,5-6,19-20H2,1-4H3/b29-18-/t32-/m0/s1. The van der Waals surface area contributed by atoms with Gasteiger partial charge in [-0.25, -0.2) is 19.0 Å². The number of aromatic nitrogens is 1. The Morgan fingerprint density at radius 1 is 0.957 bits per heavy atom. The van der Waals surface area contributed by atoms with E-state index in [2.05, 4.69) is 9.73 Å². The molecule has 244 valence electrons. The Morgan fingerprint density at radius 2 is 1.72 bits per heavy atom. The average molecular weight is 661 g/mol. The summed E-state index contributed by atoms with van der Waals surface area (Å²) < 4.78 is 42.8. The smallest absolute Gasteiger partial charge is 0.343 e. The number of thiazole rings is 1. The van der Waals surface area contributed by atoms with Gasteiger partial charge in [-0.2, -0.15) is 0 Å². The molecule has 1 aliphatic heterocycles. The lowest BCUT2D eigenvalue weighted by Crippen LogP contribution is -2.40. The molecule has 0 bridgehead atoms. The summed E-state index contributed by atoms with van der Waals surface area (Å²) in [7, 11) is 1.26. The normalized spacial score (nSPS) is 14.2. The summed E-state index contributed by atoms with van der Waals surface area (Å²) >= 11 is 1.18. The molecule has 1 aliphatic rings. The van der Waals surface area contributed by atoms with Crippen LogP contribution in [0.25, 0.3) is 6.08 Å². The third kappa shape index (κ3) is 7.44. The van der Waals surface area contributed by atoms with Crippen molar-refractivity contribution < 1.29 is 37.7 Å². The molecule has 10 nitrogen and oxygen atoms in total. The van der Waals surface area contributed by atoms with Crippen molar-refractivity contribution in [2.75, 3.05) is 26.9 Å². The number of carbonyl (C=O) groups is 2. The number of carbonyl (C=O) groups excluding carboxylic acids is 2. The van der Waals surface area contributed by atoms with Crippen molar-refractivity contribution in [3.63, 3.8) is 0 Å². The molecule has 2 heterocycles. The monoisotopic (exact) mass is 660 g/mol. The highest BCUT2D eigenvalue weighted by molar-refractivity contribution is 7.07. The van der Waals surface area contributed by atoms with Crippen LogP contribution in [0.5, 0.6) is 17.2 Å². The van der Waals surface area contributed by atoms with Gasteiger partial charge in [-0.3, -0.25) is 9.36 Å². The number of hydrogen-bond donors (Lipinski definition) is 0. The van der Waals surface area contributed by atoms with Crippen LogP contribution < -0.4 is 29.1 Å². The van der Waals surface area contributed by atoms with E-state index in [4.69, 9.17) is 18.9 Å². The van der Waals surface area contributed by atoms with Crippen molar-refractivity contribution in [3.05, 3.63) is 120 Å². The minimum atomic E-state index is -0.897. The second-order valence-electron chi connectivity index (χ2n) is 10.3. The summed E-state index contributed by atoms with van der Waals surface area (Å²) in [4.78, 5) is 44.3. The topological polar surface area (TPSA) is 115 Å². The van der Waals surface area contributed by atoms with E-state index >= 15 is 0 Å². The Hall–Kier alpha value is -5.23. The van der Waals surface area contributed by atoms with Crippen molar-refractivity contribution in [3.8, 4) is 17.2 Å². The summed E-state index contributed by atoms with van der Waals surface area (Å²) in [6, 6.07) is 17.4. The van der Waals surface area contributed by atoms with Gasteiger partial charge in [-0.1, -0.05) is 47.7 Å². The van der Waals surface area contributed by atoms with Gasteiger partial charge in [-0.05, 0) is 68.3 Å². The van der Waals surface area contributed by atoms with Crippen LogP contribution in [0.1, 0.15) is 43.5 Å². The maximum Gasteiger partial charge on any atom is 0.343 e. The molecule has 4 aromatic rings. The molecule has 0 saturated heterocycles. The number of hydrogen-bond acceptors (Lipinski definition) is 10. The third-order valence-corrected chi connectivity index (χ3v) is 8.17. The van der Waals surface area contributed by atoms with E-state index in [1.807, 2.05) is 18.2 Å². The van der Waals surface area contributed by atoms with E-state index in [9.17, 15) is 18.8 Å². The van der Waals surface area contributed by atoms with Gasteiger partial charge in [0.1, 0.15) is 18.2 Å². The summed E-state index contributed by atoms with van der Waals surface area (Å²) in [6.07, 6.45) is 1.72. The molecular formula is C35H33FN2O8S. The van der Waals surface area contributed by atoms with Crippen molar-refractivity contribution in [1.29, 1.82) is 0 Å². The van der Waals surface area contributed by atoms with E-state index in [0.29, 0.717) is 50.0 Å². The lowest BCUT2D eigenvalue weighted by Gasteiger charge is -2.25. The molecule has 0 fully saturated rings. The molecule has 3 aromatic carbocycles. The fraction of sp³-hybridized carbons (Fsp3) is 0.257. The molecule has 1 atom stereocenters. The van der Waals surface area contributed by atoms with E-state index in [-0.39, 0.29) is 36.8 Å². The molecule has 0 N–H and O–H groups in total. The van der Waals surface area contributed by atoms with Gasteiger partial charge in [0.05, 0.1) is 42.2 Å². The van der Waals surface area contributed by atoms with Gasteiger partial charge in [0.2, 0.25) is 0 Å². The summed E-state index contributed by atoms with van der Waals surface area (Å²) in [5, 5.41) is 0. The van der Waals surface area contributed by atoms with Crippen molar-refractivity contribution in [1.82, 2.24) is 4.57 Å². The van der Waals surface area contributed by atoms with E-state index in [0.717, 1.165) is 5.56 Å². The van der Waals surface area contributed by atoms with E-state index < -0.39 is 18.0 Å². The minimum absolute atomic E-state index is 0.131. The van der Waals surface area contributed by atoms with Gasteiger partial charge in [0.25, 0.3) is 5.56 Å². The molecule has 47 heavy (non-hydrogen) atoms. The SMILES string of the molecule is CCOC(=O)C1=C(C)N=c2s/c(=C\c3ccccc3OCc3ccc(F)cc3)c(=O)n2[C@H]1c1ccc(OCC(=O)OC)c(OCC)c1. The maximum atomic E-state index is 14.2. The number of halogens is 1. The van der Waals surface area contributed by atoms with Crippen LogP contribution in [-0.4, -0.2) is 43.4 Å². The zero-order chi connectivity index (χ0) is 33.5. The van der Waals surface area contributed by atoms with Crippen molar-refractivity contribution in [2.24, 2.45) is 4.99 Å². The number of ether oxygens (including phenoxy) is 5. The number of allylic oxidation sites excluding steroid dienone is 1. The lowest BCUT2D eigenvalue weighted by atomic mass is 9.95. The Balaban J connectivity index is 1.59. The van der Waals surface area contributed by atoms with Crippen LogP contribution in [0, 0.1) is 5.82 Å². The summed E-state index contributed by atoms with van der Waals surface area (Å²) in [6.45, 7) is 5.51. The number of esters is 2. The number of para-hydroxylation sites is 1. The zero-order valence-corrected chi connectivity index (χ0v) is 27.1. The first-order valence-electron chi connectivity index (χ1n) is 14.9. The summed E-state index contributed by atoms with van der Waals surface area (Å²) in [5.74, 6) is -0.344. The molecule has 0 saturated carbocycles. The molecule has 0 amide bonds. The highest BCUT2D eigenvalue weighted by Gasteiger charge is 2.34. The third-order valence-electron chi connectivity index (χ3n) is 7.19. The molecule has 0 radical (unpaired) electrons. The Labute approximate surface area is 274 Å². The van der Waals surface area contributed by atoms with Crippen LogP contribution >= 0.6 is 11.3 Å². The largest absolute Gasteiger partial charge is 0.490 e. The van der Waals surface area contributed by atoms with Crippen LogP contribution in [-0.2, 0) is 25.7 Å². The zero-order valence-electron chi connectivity index (χ0n) is 26.3. The Kier molecular flexibility index (Phi) is 10.5. The van der Waals surface area contributed by atoms with Crippen LogP contribution in [0.4, 0.5) is 4.39 Å². The van der Waals surface area contributed by atoms with Crippen molar-refractivity contribution >= 4 is 29.4 Å². The average Bonchev–Trinajstić information content (AvgIpc) is 3.37. The maximum absolute atomic E-state index is 14.2. The Bertz CT molecular complexity index is 2000. The van der Waals surface area contributed by atoms with Crippen LogP contribution in [0.15, 0.2) is 87.8 Å². The van der Waals surface area contributed by atoms with Gasteiger partial charge < -0.3 is 23.7 Å². The second kappa shape index (κ2) is 14.9. The molecule has 0 unspecified atom stereocenters. The number of methoxy groups -OCH3 is 1. The first-order valence-corrected chi connectivity index (χ1v) is 15.7. The molecule has 5 rings (SSSR count). The predicted octanol–water partition coefficient (Wildman–Crippen LogP) is 4.47. The highest BCUT2D eigenvalue weighted by Crippen LogP contribution is 2.36. The fourth-order valence-electron chi connectivity index (χ4n) is 5.00. The molecular weight excluding hydrogens is 627 g/mol. The van der Waals surface area contributed by atoms with Gasteiger partial charge in [0.15, 0.2) is 22.9 Å². The number of benzene rings is 3. The first kappa shape index (κ1) is 33.1. The first-order chi connectivity index (χ1) is 22.7. The molecule has 0 spiro atoms. The van der Waals surface area contributed by atoms with Crippen LogP contribution in [0.3, 0.4) is 0 Å². The highest BCUT2D eigenvalue weighted by atomic mass is 32.1. The Morgan fingerprint density at radius 3 is 2.45 bits per heavy atom. The van der Waals surface area contributed by atoms with Crippen molar-refractivity contribution in [2.45, 2.75) is 33.4 Å². The quantitative estimate of drug-likeness (QED) is 0.205. The molecule has 12 heteroatoms. The summed E-state index contributed by atoms with van der Waals surface area (Å²) in [5.41, 5.74) is 2.24.